The van der Waals surface area contributed by atoms with E-state index in [0.29, 0.717) is 64.6 Å². The van der Waals surface area contributed by atoms with Crippen molar-refractivity contribution in [2.75, 3.05) is 64.0 Å². The summed E-state index contributed by atoms with van der Waals surface area (Å²) < 4.78 is 39.1. The summed E-state index contributed by atoms with van der Waals surface area (Å²) in [6, 6.07) is 2.42. The van der Waals surface area contributed by atoms with E-state index in [1.807, 2.05) is 6.92 Å². The van der Waals surface area contributed by atoms with Crippen molar-refractivity contribution < 1.29 is 27.8 Å². The fraction of sp³-hybridized carbons (Fsp3) is 0.542. The highest BCUT2D eigenvalue weighted by Crippen LogP contribution is 2.36. The predicted octanol–water partition coefficient (Wildman–Crippen LogP) is 2.22. The third-order valence-electron chi connectivity index (χ3n) is 5.80. The Morgan fingerprint density at radius 2 is 2.00 bits per heavy atom. The van der Waals surface area contributed by atoms with Gasteiger partial charge in [0.1, 0.15) is 0 Å². The largest absolute Gasteiger partial charge is 0.480 e. The molecule has 2 amide bonds. The van der Waals surface area contributed by atoms with E-state index in [-0.39, 0.29) is 16.1 Å². The van der Waals surface area contributed by atoms with Gasteiger partial charge in [-0.2, -0.15) is 17.0 Å². The molecule has 1 atom stereocenters. The number of morpholine rings is 1. The van der Waals surface area contributed by atoms with E-state index in [2.05, 4.69) is 38.5 Å². The van der Waals surface area contributed by atoms with E-state index in [1.165, 1.54) is 17.4 Å². The smallest absolute Gasteiger partial charge is 0.257 e. The number of carbonyl (C=O) groups excluding carboxylic acids is 2. The number of nitrogens with zero attached hydrogens (tertiary/aromatic N) is 2. The van der Waals surface area contributed by atoms with E-state index in [0.717, 1.165) is 24.0 Å². The van der Waals surface area contributed by atoms with E-state index in [9.17, 15) is 18.4 Å². The SMILES string of the molecule is CC(S)(CCNC=O)CCNCCNC(=O)COc1c(-c2csc(N3CCOCC3)n2)ccc(F)c1F. The van der Waals surface area contributed by atoms with Crippen LogP contribution in [0.4, 0.5) is 13.9 Å². The van der Waals surface area contributed by atoms with Crippen LogP contribution in [0.3, 0.4) is 0 Å². The maximum Gasteiger partial charge on any atom is 0.257 e. The average Bonchev–Trinajstić information content (AvgIpc) is 3.37. The third-order valence-corrected chi connectivity index (χ3v) is 7.15. The second-order valence-electron chi connectivity index (χ2n) is 8.81. The molecule has 2 aromatic rings. The van der Waals surface area contributed by atoms with Gasteiger partial charge in [0.2, 0.25) is 12.2 Å². The van der Waals surface area contributed by atoms with Crippen molar-refractivity contribution in [2.24, 2.45) is 0 Å². The number of anilines is 1. The molecule has 1 aliphatic rings. The molecule has 13 heteroatoms. The molecule has 3 rings (SSSR count). The summed E-state index contributed by atoms with van der Waals surface area (Å²) in [4.78, 5) is 29.2. The van der Waals surface area contributed by atoms with Crippen LogP contribution in [0.25, 0.3) is 11.3 Å². The fourth-order valence-electron chi connectivity index (χ4n) is 3.65. The topological polar surface area (TPSA) is 105 Å². The molecule has 1 saturated heterocycles. The van der Waals surface area contributed by atoms with E-state index in [1.54, 1.807) is 5.38 Å². The van der Waals surface area contributed by atoms with Crippen LogP contribution < -0.4 is 25.6 Å². The monoisotopic (exact) mass is 557 g/mol. The third kappa shape index (κ3) is 9.09. The Morgan fingerprint density at radius 1 is 1.24 bits per heavy atom. The Balaban J connectivity index is 1.46. The van der Waals surface area contributed by atoms with E-state index >= 15 is 0 Å². The lowest BCUT2D eigenvalue weighted by atomic mass is 10.0. The Bertz CT molecular complexity index is 1030. The minimum Gasteiger partial charge on any atom is -0.480 e. The van der Waals surface area contributed by atoms with Gasteiger partial charge < -0.3 is 30.3 Å². The number of nitrogens with one attached hydrogen (secondary N) is 3. The highest BCUT2D eigenvalue weighted by atomic mass is 32.1. The minimum absolute atomic E-state index is 0.229. The number of ether oxygens (including phenoxy) is 2. The van der Waals surface area contributed by atoms with Crippen molar-refractivity contribution in [1.29, 1.82) is 0 Å². The maximum absolute atomic E-state index is 14.6. The predicted molar refractivity (Wildman–Crippen MR) is 143 cm³/mol. The Labute approximate surface area is 224 Å². The summed E-state index contributed by atoms with van der Waals surface area (Å²) in [6.07, 6.45) is 2.18. The number of hydrogen-bond donors (Lipinski definition) is 4. The first-order chi connectivity index (χ1) is 17.8. The number of benzene rings is 1. The fourth-order valence-corrected chi connectivity index (χ4v) is 4.75. The van der Waals surface area contributed by atoms with Crippen LogP contribution in [0.15, 0.2) is 17.5 Å². The van der Waals surface area contributed by atoms with Gasteiger partial charge in [0.25, 0.3) is 5.91 Å². The lowest BCUT2D eigenvalue weighted by Crippen LogP contribution is -2.36. The van der Waals surface area contributed by atoms with Gasteiger partial charge in [0.15, 0.2) is 23.3 Å². The molecule has 9 nitrogen and oxygen atoms in total. The average molecular weight is 558 g/mol. The first-order valence-corrected chi connectivity index (χ1v) is 13.4. The molecule has 1 aliphatic heterocycles. The summed E-state index contributed by atoms with van der Waals surface area (Å²) in [5, 5.41) is 11.0. The molecule has 204 valence electrons. The molecular weight excluding hydrogens is 524 g/mol. The minimum atomic E-state index is -1.16. The van der Waals surface area contributed by atoms with E-state index < -0.39 is 24.1 Å². The van der Waals surface area contributed by atoms with Crippen molar-refractivity contribution in [2.45, 2.75) is 24.5 Å². The van der Waals surface area contributed by atoms with Crippen LogP contribution in [0, 0.1) is 11.6 Å². The number of thiazole rings is 1. The number of carbonyl (C=O) groups is 2. The molecular formula is C24H33F2N5O4S2. The van der Waals surface area contributed by atoms with Crippen LogP contribution in [0.2, 0.25) is 0 Å². The summed E-state index contributed by atoms with van der Waals surface area (Å²) >= 11 is 6.00. The standard InChI is InChI=1S/C24H33F2N5O4S2/c1-24(36,5-7-28-16-32)4-6-27-8-9-29-20(33)14-35-22-17(2-3-18(25)21(22)26)19-15-37-23(30-19)31-10-12-34-13-11-31/h2-3,15-16,27,36H,4-14H2,1H3,(H,28,32)(H,29,33). The van der Waals surface area contributed by atoms with Gasteiger partial charge in [0, 0.05) is 48.4 Å². The van der Waals surface area contributed by atoms with Crippen molar-refractivity contribution in [3.8, 4) is 17.0 Å². The first kappa shape index (κ1) is 29.1. The van der Waals surface area contributed by atoms with Crippen molar-refractivity contribution >= 4 is 41.4 Å². The number of amides is 2. The number of aromatic nitrogens is 1. The quantitative estimate of drug-likeness (QED) is 0.151. The van der Waals surface area contributed by atoms with Crippen LogP contribution in [-0.2, 0) is 14.3 Å². The zero-order valence-corrected chi connectivity index (χ0v) is 22.4. The molecule has 1 unspecified atom stereocenters. The molecule has 2 heterocycles. The normalized spacial score (nSPS) is 15.2. The number of thiol groups is 1. The van der Waals surface area contributed by atoms with Gasteiger partial charge in [-0.3, -0.25) is 9.59 Å². The van der Waals surface area contributed by atoms with Crippen LogP contribution in [0.5, 0.6) is 5.75 Å². The highest BCUT2D eigenvalue weighted by Gasteiger charge is 2.22. The Hall–Kier alpha value is -2.48. The zero-order chi connectivity index (χ0) is 26.7. The molecule has 0 saturated carbocycles. The van der Waals surface area contributed by atoms with Gasteiger partial charge in [-0.15, -0.1) is 11.3 Å². The first-order valence-electron chi connectivity index (χ1n) is 12.1. The van der Waals surface area contributed by atoms with Gasteiger partial charge in [-0.25, -0.2) is 9.37 Å². The molecule has 0 spiro atoms. The molecule has 1 aromatic carbocycles. The summed E-state index contributed by atoms with van der Waals surface area (Å²) in [5.74, 6) is -3.02. The molecule has 3 N–H and O–H groups in total. The lowest BCUT2D eigenvalue weighted by Gasteiger charge is -2.26. The van der Waals surface area contributed by atoms with Crippen molar-refractivity contribution in [1.82, 2.24) is 20.9 Å². The van der Waals surface area contributed by atoms with Crippen molar-refractivity contribution in [3.05, 3.63) is 29.1 Å². The molecule has 1 fully saturated rings. The second-order valence-corrected chi connectivity index (χ2v) is 10.7. The summed E-state index contributed by atoms with van der Waals surface area (Å²) in [6.45, 7) is 6.25. The van der Waals surface area contributed by atoms with Crippen molar-refractivity contribution in [3.63, 3.8) is 0 Å². The maximum atomic E-state index is 14.6. The van der Waals surface area contributed by atoms with Gasteiger partial charge in [0.05, 0.1) is 18.9 Å². The molecule has 0 aliphatic carbocycles. The summed E-state index contributed by atoms with van der Waals surface area (Å²) in [5.41, 5.74) is 0.727. The van der Waals surface area contributed by atoms with Crippen LogP contribution >= 0.6 is 24.0 Å². The Kier molecular flexibility index (Phi) is 11.4. The number of hydrogen-bond acceptors (Lipinski definition) is 9. The zero-order valence-electron chi connectivity index (χ0n) is 20.7. The van der Waals surface area contributed by atoms with Crippen LogP contribution in [0.1, 0.15) is 19.8 Å². The summed E-state index contributed by atoms with van der Waals surface area (Å²) in [7, 11) is 0. The molecule has 0 radical (unpaired) electrons. The Morgan fingerprint density at radius 3 is 2.76 bits per heavy atom. The van der Waals surface area contributed by atoms with E-state index in [4.69, 9.17) is 9.47 Å². The number of halogens is 2. The highest BCUT2D eigenvalue weighted by molar-refractivity contribution is 7.81. The van der Waals surface area contributed by atoms with Gasteiger partial charge in [-0.05, 0) is 31.5 Å². The van der Waals surface area contributed by atoms with Gasteiger partial charge >= 0.3 is 0 Å². The van der Waals surface area contributed by atoms with Gasteiger partial charge in [-0.1, -0.05) is 6.92 Å². The molecule has 1 aromatic heterocycles. The molecule has 37 heavy (non-hydrogen) atoms. The molecule has 0 bridgehead atoms. The lowest BCUT2D eigenvalue weighted by molar-refractivity contribution is -0.123. The second kappa shape index (κ2) is 14.5. The van der Waals surface area contributed by atoms with Crippen LogP contribution in [-0.4, -0.2) is 81.1 Å². The number of rotatable bonds is 15.